The number of allylic oxidation sites excluding steroid dienone is 1. The summed E-state index contributed by atoms with van der Waals surface area (Å²) in [4.78, 5) is 39.8. The lowest BCUT2D eigenvalue weighted by atomic mass is 9.91. The minimum Gasteiger partial charge on any atom is -0.497 e. The molecular formula is C21H21N5O7S. The maximum absolute atomic E-state index is 13.1. The fraction of sp³-hybridized carbons (Fsp3) is 0.286. The van der Waals surface area contributed by atoms with E-state index in [1.807, 2.05) is 6.08 Å². The lowest BCUT2D eigenvalue weighted by Crippen LogP contribution is -2.53. The van der Waals surface area contributed by atoms with Gasteiger partial charge in [0, 0.05) is 17.8 Å². The Hall–Kier alpha value is -3.84. The molecule has 0 bridgehead atoms. The van der Waals surface area contributed by atoms with Crippen LogP contribution in [0.2, 0.25) is 0 Å². The van der Waals surface area contributed by atoms with E-state index < -0.39 is 33.6 Å². The summed E-state index contributed by atoms with van der Waals surface area (Å²) in [5.41, 5.74) is -1.12. The summed E-state index contributed by atoms with van der Waals surface area (Å²) in [7, 11) is -2.47. The van der Waals surface area contributed by atoms with E-state index in [1.54, 1.807) is 12.2 Å². The van der Waals surface area contributed by atoms with Crippen LogP contribution < -0.4 is 20.5 Å². The second-order valence-corrected chi connectivity index (χ2v) is 9.66. The summed E-state index contributed by atoms with van der Waals surface area (Å²) in [6, 6.07) is 5.23. The molecule has 1 aromatic carbocycles. The smallest absolute Gasteiger partial charge is 0.322 e. The molecule has 3 atom stereocenters. The minimum atomic E-state index is -3.99. The Morgan fingerprint density at radius 1 is 1.29 bits per heavy atom. The molecule has 1 aliphatic carbocycles. The van der Waals surface area contributed by atoms with Gasteiger partial charge in [-0.15, -0.1) is 0 Å². The van der Waals surface area contributed by atoms with Gasteiger partial charge in [-0.05, 0) is 36.4 Å². The number of imide groups is 1. The molecule has 1 aromatic heterocycles. The van der Waals surface area contributed by atoms with Crippen molar-refractivity contribution in [1.82, 2.24) is 15.5 Å². The number of anilines is 1. The van der Waals surface area contributed by atoms with Crippen molar-refractivity contribution >= 4 is 44.7 Å². The summed E-state index contributed by atoms with van der Waals surface area (Å²) in [5.74, 6) is -0.700. The average molecular weight is 487 g/mol. The fourth-order valence-electron chi connectivity index (χ4n) is 4.58. The highest BCUT2D eigenvalue weighted by atomic mass is 32.2. The summed E-state index contributed by atoms with van der Waals surface area (Å²) in [6.45, 7) is 0.198. The van der Waals surface area contributed by atoms with Gasteiger partial charge in [0.25, 0.3) is 16.1 Å². The molecule has 0 radical (unpaired) electrons. The van der Waals surface area contributed by atoms with Gasteiger partial charge in [0.05, 0.1) is 25.3 Å². The topological polar surface area (TPSA) is 173 Å². The van der Waals surface area contributed by atoms with Crippen molar-refractivity contribution in [2.24, 2.45) is 17.0 Å². The summed E-state index contributed by atoms with van der Waals surface area (Å²) in [5, 5.41) is 10.3. The van der Waals surface area contributed by atoms with Crippen molar-refractivity contribution < 1.29 is 32.0 Å². The fourth-order valence-corrected chi connectivity index (χ4v) is 5.03. The van der Waals surface area contributed by atoms with E-state index in [2.05, 4.69) is 15.4 Å². The molecular weight excluding hydrogens is 466 g/mol. The lowest BCUT2D eigenvalue weighted by molar-refractivity contribution is -0.133. The SMILES string of the molecule is COC1=CC2C(=O)N(CC3(c4cc5cc(NS(N)(=O)=O)ccc5o4)NC(=O)NC3=O)CC2C=C1. The van der Waals surface area contributed by atoms with Crippen LogP contribution in [0.15, 0.2) is 52.7 Å². The predicted molar refractivity (Wildman–Crippen MR) is 119 cm³/mol. The van der Waals surface area contributed by atoms with Crippen molar-refractivity contribution in [3.63, 3.8) is 0 Å². The van der Waals surface area contributed by atoms with Gasteiger partial charge in [-0.2, -0.15) is 8.42 Å². The molecule has 5 rings (SSSR count). The van der Waals surface area contributed by atoms with Crippen LogP contribution in [0.1, 0.15) is 5.76 Å². The molecule has 3 heterocycles. The quantitative estimate of drug-likeness (QED) is 0.423. The Bertz CT molecular complexity index is 1400. The third-order valence-corrected chi connectivity index (χ3v) is 6.66. The number of carbonyl (C=O) groups excluding carboxylic acids is 3. The molecule has 34 heavy (non-hydrogen) atoms. The van der Waals surface area contributed by atoms with Crippen molar-refractivity contribution in [2.45, 2.75) is 5.54 Å². The molecule has 5 N–H and O–H groups in total. The van der Waals surface area contributed by atoms with Crippen molar-refractivity contribution in [1.29, 1.82) is 0 Å². The zero-order chi connectivity index (χ0) is 24.3. The van der Waals surface area contributed by atoms with E-state index in [-0.39, 0.29) is 29.8 Å². The molecule has 178 valence electrons. The number of likely N-dealkylation sites (tertiary alicyclic amines) is 1. The number of methoxy groups -OCH3 is 1. The summed E-state index contributed by atoms with van der Waals surface area (Å²) >= 11 is 0. The molecule has 2 aliphatic heterocycles. The second kappa shape index (κ2) is 7.60. The molecule has 0 saturated carbocycles. The Morgan fingerprint density at radius 2 is 2.09 bits per heavy atom. The van der Waals surface area contributed by atoms with Crippen LogP contribution in [0.25, 0.3) is 11.0 Å². The second-order valence-electron chi connectivity index (χ2n) is 8.36. The monoisotopic (exact) mass is 487 g/mol. The first kappa shape index (κ1) is 22.0. The van der Waals surface area contributed by atoms with Crippen LogP contribution in [0, 0.1) is 11.8 Å². The zero-order valence-electron chi connectivity index (χ0n) is 17.9. The maximum atomic E-state index is 13.1. The summed E-state index contributed by atoms with van der Waals surface area (Å²) < 4.78 is 36.0. The number of furan rings is 1. The predicted octanol–water partition coefficient (Wildman–Crippen LogP) is 0.258. The molecule has 2 fully saturated rings. The largest absolute Gasteiger partial charge is 0.497 e. The first-order chi connectivity index (χ1) is 16.1. The normalized spacial score (nSPS) is 26.4. The highest BCUT2D eigenvalue weighted by molar-refractivity contribution is 7.90. The highest BCUT2D eigenvalue weighted by Crippen LogP contribution is 2.37. The van der Waals surface area contributed by atoms with E-state index in [1.165, 1.54) is 36.3 Å². The van der Waals surface area contributed by atoms with Crippen LogP contribution in [0.3, 0.4) is 0 Å². The van der Waals surface area contributed by atoms with Gasteiger partial charge in [-0.1, -0.05) is 6.08 Å². The van der Waals surface area contributed by atoms with E-state index >= 15 is 0 Å². The molecule has 2 saturated heterocycles. The number of fused-ring (bicyclic) bond motifs is 2. The minimum absolute atomic E-state index is 0.0915. The zero-order valence-corrected chi connectivity index (χ0v) is 18.7. The Labute approximate surface area is 193 Å². The van der Waals surface area contributed by atoms with Crippen LogP contribution in [-0.2, 0) is 30.1 Å². The van der Waals surface area contributed by atoms with Gasteiger partial charge in [0.2, 0.25) is 5.91 Å². The lowest BCUT2D eigenvalue weighted by Gasteiger charge is -2.29. The van der Waals surface area contributed by atoms with E-state index in [0.29, 0.717) is 23.3 Å². The third-order valence-electron chi connectivity index (χ3n) is 6.14. The standard InChI is InChI=1S/C21H21N5O7S/c1-32-14-4-2-11-9-26(18(27)15(11)8-14)10-21(19(28)23-20(29)24-21)17-7-12-6-13(25-34(22,30)31)3-5-16(12)33-17/h2-8,11,15,25H,9-10H2,1H3,(H2,22,30,31)(H2,23,24,28,29). The maximum Gasteiger partial charge on any atom is 0.322 e. The van der Waals surface area contributed by atoms with Crippen LogP contribution in [-0.4, -0.2) is 51.4 Å². The van der Waals surface area contributed by atoms with Crippen LogP contribution in [0.5, 0.6) is 0 Å². The molecule has 13 heteroatoms. The number of amides is 4. The van der Waals surface area contributed by atoms with Crippen LogP contribution >= 0.6 is 0 Å². The number of nitrogens with one attached hydrogen (secondary N) is 3. The number of urea groups is 1. The van der Waals surface area contributed by atoms with E-state index in [0.717, 1.165) is 0 Å². The first-order valence-corrected chi connectivity index (χ1v) is 11.8. The number of ether oxygens (including phenoxy) is 1. The number of nitrogens with two attached hydrogens (primary N) is 1. The Balaban J connectivity index is 1.50. The number of nitrogens with zero attached hydrogens (tertiary/aromatic N) is 1. The number of hydrogen-bond donors (Lipinski definition) is 4. The van der Waals surface area contributed by atoms with Crippen molar-refractivity contribution in [2.75, 3.05) is 24.9 Å². The number of carbonyl (C=O) groups is 3. The van der Waals surface area contributed by atoms with Crippen molar-refractivity contribution in [3.05, 3.63) is 54.0 Å². The van der Waals surface area contributed by atoms with Crippen LogP contribution in [0.4, 0.5) is 10.5 Å². The molecule has 12 nitrogen and oxygen atoms in total. The van der Waals surface area contributed by atoms with Gasteiger partial charge in [0.15, 0.2) is 5.54 Å². The molecule has 3 aliphatic rings. The van der Waals surface area contributed by atoms with E-state index in [4.69, 9.17) is 14.3 Å². The molecule has 2 aromatic rings. The number of hydrogen-bond acceptors (Lipinski definition) is 7. The van der Waals surface area contributed by atoms with Crippen molar-refractivity contribution in [3.8, 4) is 0 Å². The average Bonchev–Trinajstić information content (AvgIpc) is 3.41. The first-order valence-electron chi connectivity index (χ1n) is 10.3. The van der Waals surface area contributed by atoms with Gasteiger partial charge in [-0.3, -0.25) is 19.6 Å². The molecule has 3 unspecified atom stereocenters. The summed E-state index contributed by atoms with van der Waals surface area (Å²) in [6.07, 6.45) is 5.43. The highest BCUT2D eigenvalue weighted by Gasteiger charge is 2.54. The third kappa shape index (κ3) is 3.68. The number of rotatable bonds is 6. The Kier molecular flexibility index (Phi) is 4.91. The van der Waals surface area contributed by atoms with Gasteiger partial charge >= 0.3 is 6.03 Å². The molecule has 0 spiro atoms. The van der Waals surface area contributed by atoms with Gasteiger partial charge in [0.1, 0.15) is 17.1 Å². The van der Waals surface area contributed by atoms with Gasteiger partial charge in [-0.25, -0.2) is 9.93 Å². The number of benzene rings is 1. The van der Waals surface area contributed by atoms with E-state index in [9.17, 15) is 22.8 Å². The Morgan fingerprint density at radius 3 is 2.76 bits per heavy atom. The molecule has 4 amide bonds. The van der Waals surface area contributed by atoms with Gasteiger partial charge < -0.3 is 19.4 Å².